The summed E-state index contributed by atoms with van der Waals surface area (Å²) in [5.41, 5.74) is 8.47. The summed E-state index contributed by atoms with van der Waals surface area (Å²) in [7, 11) is 1.90. The first-order valence-corrected chi connectivity index (χ1v) is 15.2. The van der Waals surface area contributed by atoms with Gasteiger partial charge in [0.05, 0.1) is 0 Å². The molecular weight excluding hydrogens is 518 g/mol. The molecule has 0 radical (unpaired) electrons. The third-order valence-corrected chi connectivity index (χ3v) is 9.19. The van der Waals surface area contributed by atoms with Crippen molar-refractivity contribution >= 4 is 23.1 Å². The quantitative estimate of drug-likeness (QED) is 0.447. The molecule has 6 rings (SSSR count). The van der Waals surface area contributed by atoms with Crippen LogP contribution in [-0.4, -0.2) is 55.7 Å². The van der Waals surface area contributed by atoms with Gasteiger partial charge in [0.1, 0.15) is 11.5 Å². The van der Waals surface area contributed by atoms with Gasteiger partial charge in [0.15, 0.2) is 11.2 Å². The van der Waals surface area contributed by atoms with Crippen molar-refractivity contribution in [2.75, 3.05) is 26.2 Å². The van der Waals surface area contributed by atoms with E-state index in [4.69, 9.17) is 10.7 Å². The first-order chi connectivity index (χ1) is 19.9. The van der Waals surface area contributed by atoms with Crippen LogP contribution in [0, 0.1) is 0 Å². The lowest BCUT2D eigenvalue weighted by Crippen LogP contribution is -2.45. The van der Waals surface area contributed by atoms with Crippen molar-refractivity contribution in [3.8, 4) is 11.4 Å². The minimum absolute atomic E-state index is 0.0605. The molecule has 10 nitrogen and oxygen atoms in total. The van der Waals surface area contributed by atoms with Crippen LogP contribution < -0.4 is 22.3 Å². The van der Waals surface area contributed by atoms with Gasteiger partial charge >= 0.3 is 5.69 Å². The highest BCUT2D eigenvalue weighted by molar-refractivity contribution is 5.96. The lowest BCUT2D eigenvalue weighted by atomic mass is 9.94. The second-order valence-corrected chi connectivity index (χ2v) is 11.8. The zero-order valence-corrected chi connectivity index (χ0v) is 24.0. The maximum Gasteiger partial charge on any atom is 0.333 e. The first-order valence-electron chi connectivity index (χ1n) is 15.2. The summed E-state index contributed by atoms with van der Waals surface area (Å²) in [5, 5.41) is 3.29. The van der Waals surface area contributed by atoms with Gasteiger partial charge in [-0.2, -0.15) is 0 Å². The number of carbonyl (C=O) groups excluding carboxylic acids is 1. The zero-order chi connectivity index (χ0) is 28.5. The average molecular weight is 560 g/mol. The highest BCUT2D eigenvalue weighted by atomic mass is 16.2. The maximum absolute atomic E-state index is 14.1. The summed E-state index contributed by atoms with van der Waals surface area (Å²) in [6.45, 7) is 3.08. The largest absolute Gasteiger partial charge is 0.365 e. The Kier molecular flexibility index (Phi) is 7.84. The van der Waals surface area contributed by atoms with E-state index in [9.17, 15) is 14.4 Å². The number of fused-ring (bicyclic) bond motifs is 1. The minimum atomic E-state index is -0.443. The van der Waals surface area contributed by atoms with Crippen LogP contribution in [-0.2, 0) is 11.8 Å². The van der Waals surface area contributed by atoms with Gasteiger partial charge in [0.2, 0.25) is 0 Å². The van der Waals surface area contributed by atoms with E-state index in [2.05, 4.69) is 5.32 Å². The van der Waals surface area contributed by atoms with E-state index in [1.165, 1.54) is 11.0 Å². The molecule has 41 heavy (non-hydrogen) atoms. The minimum Gasteiger partial charge on any atom is -0.365 e. The van der Waals surface area contributed by atoms with Crippen LogP contribution in [0.5, 0.6) is 0 Å². The van der Waals surface area contributed by atoms with Crippen LogP contribution >= 0.6 is 0 Å². The SMILES string of the molecule is Cn1c(-c2ccc(/C=C(\C(N)=O)N3CCNCC3)cc2)nc2c(=O)n(C3CCCCC3)c(=O)n(C3CCCCC3)c21. The number of hydrogen-bond acceptors (Lipinski definition) is 6. The van der Waals surface area contributed by atoms with Crippen LogP contribution in [0.3, 0.4) is 0 Å². The molecule has 3 heterocycles. The number of primary amides is 1. The molecule has 2 aromatic heterocycles. The van der Waals surface area contributed by atoms with Crippen molar-refractivity contribution in [2.45, 2.75) is 76.3 Å². The average Bonchev–Trinajstić information content (AvgIpc) is 3.34. The van der Waals surface area contributed by atoms with Crippen LogP contribution in [0.2, 0.25) is 0 Å². The number of nitrogens with zero attached hydrogens (tertiary/aromatic N) is 5. The number of aromatic nitrogens is 4. The second kappa shape index (κ2) is 11.7. The monoisotopic (exact) mass is 559 g/mol. The molecular formula is C31H41N7O3. The predicted octanol–water partition coefficient (Wildman–Crippen LogP) is 3.31. The van der Waals surface area contributed by atoms with Gasteiger partial charge in [-0.05, 0) is 37.3 Å². The van der Waals surface area contributed by atoms with E-state index in [0.29, 0.717) is 22.7 Å². The van der Waals surface area contributed by atoms with Gasteiger partial charge < -0.3 is 20.5 Å². The molecule has 10 heteroatoms. The number of amides is 1. The summed E-state index contributed by atoms with van der Waals surface area (Å²) in [6.07, 6.45) is 12.0. The zero-order valence-electron chi connectivity index (χ0n) is 24.0. The molecule has 3 fully saturated rings. The highest BCUT2D eigenvalue weighted by Gasteiger charge is 2.29. The van der Waals surface area contributed by atoms with E-state index < -0.39 is 5.91 Å². The van der Waals surface area contributed by atoms with Crippen molar-refractivity contribution in [1.29, 1.82) is 0 Å². The Bertz CT molecular complexity index is 1560. The third-order valence-electron chi connectivity index (χ3n) is 9.19. The smallest absolute Gasteiger partial charge is 0.333 e. The van der Waals surface area contributed by atoms with E-state index in [-0.39, 0.29) is 23.3 Å². The summed E-state index contributed by atoms with van der Waals surface area (Å²) in [4.78, 5) is 47.1. The van der Waals surface area contributed by atoms with Gasteiger partial charge in [-0.3, -0.25) is 18.7 Å². The lowest BCUT2D eigenvalue weighted by molar-refractivity contribution is -0.116. The van der Waals surface area contributed by atoms with Gasteiger partial charge in [0, 0.05) is 50.9 Å². The third kappa shape index (κ3) is 5.25. The molecule has 3 N–H and O–H groups in total. The maximum atomic E-state index is 14.1. The van der Waals surface area contributed by atoms with Gasteiger partial charge in [-0.1, -0.05) is 62.8 Å². The number of imidazole rings is 1. The highest BCUT2D eigenvalue weighted by Crippen LogP contribution is 2.32. The Morgan fingerprint density at radius 2 is 1.49 bits per heavy atom. The molecule has 1 amide bonds. The number of benzene rings is 1. The van der Waals surface area contributed by atoms with Gasteiger partial charge in [-0.15, -0.1) is 0 Å². The molecule has 1 saturated heterocycles. The molecule has 3 aliphatic rings. The summed E-state index contributed by atoms with van der Waals surface area (Å²) >= 11 is 0. The molecule has 3 aromatic rings. The van der Waals surface area contributed by atoms with Crippen molar-refractivity contribution in [3.63, 3.8) is 0 Å². The molecule has 0 atom stereocenters. The molecule has 1 aromatic carbocycles. The Hall–Kier alpha value is -3.66. The van der Waals surface area contributed by atoms with Crippen LogP contribution in [0.4, 0.5) is 0 Å². The topological polar surface area (TPSA) is 120 Å². The molecule has 0 spiro atoms. The number of rotatable bonds is 6. The first kappa shape index (κ1) is 27.5. The molecule has 0 bridgehead atoms. The van der Waals surface area contributed by atoms with Crippen molar-refractivity contribution in [3.05, 3.63) is 56.4 Å². The Labute approximate surface area is 239 Å². The normalized spacial score (nSPS) is 19.6. The number of hydrogen-bond donors (Lipinski definition) is 2. The number of nitrogens with two attached hydrogens (primary N) is 1. The summed E-state index contributed by atoms with van der Waals surface area (Å²) in [6, 6.07) is 7.79. The Balaban J connectivity index is 1.43. The summed E-state index contributed by atoms with van der Waals surface area (Å²) < 4.78 is 5.34. The van der Waals surface area contributed by atoms with E-state index in [1.807, 2.05) is 51.4 Å². The van der Waals surface area contributed by atoms with E-state index >= 15 is 0 Å². The molecule has 218 valence electrons. The van der Waals surface area contributed by atoms with Crippen molar-refractivity contribution in [1.82, 2.24) is 28.9 Å². The van der Waals surface area contributed by atoms with Gasteiger partial charge in [-0.25, -0.2) is 9.78 Å². The van der Waals surface area contributed by atoms with E-state index in [0.717, 1.165) is 95.1 Å². The lowest BCUT2D eigenvalue weighted by Gasteiger charge is -2.30. The van der Waals surface area contributed by atoms with Crippen LogP contribution in [0.1, 0.15) is 81.9 Å². The Morgan fingerprint density at radius 1 is 0.902 bits per heavy atom. The van der Waals surface area contributed by atoms with E-state index in [1.54, 1.807) is 0 Å². The molecule has 1 aliphatic heterocycles. The number of carbonyl (C=O) groups is 1. The van der Waals surface area contributed by atoms with Crippen LogP contribution in [0.15, 0.2) is 39.6 Å². The number of aryl methyl sites for hydroxylation is 1. The van der Waals surface area contributed by atoms with Crippen molar-refractivity contribution < 1.29 is 4.79 Å². The van der Waals surface area contributed by atoms with Crippen LogP contribution in [0.25, 0.3) is 28.6 Å². The predicted molar refractivity (Wildman–Crippen MR) is 161 cm³/mol. The fourth-order valence-electron chi connectivity index (χ4n) is 7.01. The fourth-order valence-corrected chi connectivity index (χ4v) is 7.01. The van der Waals surface area contributed by atoms with Gasteiger partial charge in [0.25, 0.3) is 11.5 Å². The Morgan fingerprint density at radius 3 is 2.07 bits per heavy atom. The standard InChI is InChI=1S/C31H41N7O3/c1-35-28(22-14-12-21(13-15-22)20-25(27(32)39)36-18-16-33-17-19-36)34-26-29(35)37(23-8-4-2-5-9-23)31(41)38(30(26)40)24-10-6-3-7-11-24/h12-15,20,23-24,33H,2-11,16-19H2,1H3,(H2,32,39)/b25-20+. The number of nitrogens with one attached hydrogen (secondary N) is 1. The number of piperazine rings is 1. The summed E-state index contributed by atoms with van der Waals surface area (Å²) in [5.74, 6) is 0.205. The molecule has 0 unspecified atom stereocenters. The van der Waals surface area contributed by atoms with Crippen molar-refractivity contribution in [2.24, 2.45) is 12.8 Å². The second-order valence-electron chi connectivity index (χ2n) is 11.8. The molecule has 2 aliphatic carbocycles. The molecule has 2 saturated carbocycles. The fraction of sp³-hybridized carbons (Fsp3) is 0.548.